The molecule has 1 amide bonds. The molecule has 2 heterocycles. The second-order valence-electron chi connectivity index (χ2n) is 7.71. The average molecular weight is 468 g/mol. The maximum Gasteiger partial charge on any atom is 0.269 e. The lowest BCUT2D eigenvalue weighted by atomic mass is 10.1. The molecule has 0 radical (unpaired) electrons. The summed E-state index contributed by atoms with van der Waals surface area (Å²) in [6.07, 6.45) is 3.22. The van der Waals surface area contributed by atoms with Crippen LogP contribution in [0.2, 0.25) is 0 Å². The van der Waals surface area contributed by atoms with Crippen molar-refractivity contribution >= 4 is 17.6 Å². The molecule has 2 aromatic heterocycles. The average Bonchev–Trinajstić information content (AvgIpc) is 2.86. The number of pyridine rings is 1. The molecule has 0 aliphatic heterocycles. The van der Waals surface area contributed by atoms with E-state index in [-0.39, 0.29) is 22.8 Å². The van der Waals surface area contributed by atoms with Gasteiger partial charge in [0.25, 0.3) is 11.5 Å². The van der Waals surface area contributed by atoms with Gasteiger partial charge in [-0.2, -0.15) is 10.2 Å². The zero-order chi connectivity index (χ0) is 24.8. The van der Waals surface area contributed by atoms with Crippen LogP contribution in [0.15, 0.2) is 83.3 Å². The molecule has 7 nitrogen and oxygen atoms in total. The Morgan fingerprint density at radius 2 is 1.89 bits per heavy atom. The predicted molar refractivity (Wildman–Crippen MR) is 129 cm³/mol. The normalized spacial score (nSPS) is 11.2. The molecular formula is C27H21FN4O3. The van der Waals surface area contributed by atoms with E-state index in [1.807, 2.05) is 36.4 Å². The number of hydrogen-bond acceptors (Lipinski definition) is 5. The molecule has 0 spiro atoms. The number of amides is 1. The summed E-state index contributed by atoms with van der Waals surface area (Å²) in [6.45, 7) is 2.07. The summed E-state index contributed by atoms with van der Waals surface area (Å²) in [5.74, 6) is -1.64. The van der Waals surface area contributed by atoms with Crippen molar-refractivity contribution in [1.82, 2.24) is 14.7 Å². The summed E-state index contributed by atoms with van der Waals surface area (Å²) in [4.78, 5) is 30.4. The lowest BCUT2D eigenvalue weighted by Gasteiger charge is -2.12. The van der Waals surface area contributed by atoms with Crippen LogP contribution in [0, 0.1) is 24.1 Å². The van der Waals surface area contributed by atoms with Gasteiger partial charge < -0.3 is 10.1 Å². The summed E-state index contributed by atoms with van der Waals surface area (Å²) < 4.78 is 21.2. The van der Waals surface area contributed by atoms with E-state index in [2.05, 4.69) is 10.3 Å². The third-order valence-corrected chi connectivity index (χ3v) is 5.29. The lowest BCUT2D eigenvalue weighted by molar-refractivity contribution is -0.117. The van der Waals surface area contributed by atoms with Gasteiger partial charge in [-0.1, -0.05) is 48.5 Å². The standard InChI is InChI=1S/C27H21FN4O3/c1-18-8-7-15-32-24(18)31-26(35-23-12-6-5-11-22(23)28)21(27(32)34)16-20(17-29)25(33)30-14-13-19-9-3-2-4-10-19/h2-12,15-16H,13-14H2,1H3,(H,30,33)/b20-16+. The largest absolute Gasteiger partial charge is 0.435 e. The van der Waals surface area contributed by atoms with E-state index in [1.165, 1.54) is 28.8 Å². The number of nitrogens with zero attached hydrogens (tertiary/aromatic N) is 3. The Labute approximate surface area is 200 Å². The minimum Gasteiger partial charge on any atom is -0.435 e. The number of rotatable bonds is 7. The molecular weight excluding hydrogens is 447 g/mol. The summed E-state index contributed by atoms with van der Waals surface area (Å²) in [5, 5.41) is 12.3. The fraction of sp³-hybridized carbons (Fsp3) is 0.111. The van der Waals surface area contributed by atoms with Crippen molar-refractivity contribution in [3.63, 3.8) is 0 Å². The van der Waals surface area contributed by atoms with Crippen molar-refractivity contribution in [1.29, 1.82) is 5.26 Å². The van der Waals surface area contributed by atoms with E-state index in [0.29, 0.717) is 24.2 Å². The summed E-state index contributed by atoms with van der Waals surface area (Å²) >= 11 is 0. The molecule has 4 rings (SSSR count). The molecule has 2 aromatic carbocycles. The van der Waals surface area contributed by atoms with E-state index in [9.17, 15) is 19.2 Å². The van der Waals surface area contributed by atoms with Gasteiger partial charge in [0.1, 0.15) is 22.9 Å². The van der Waals surface area contributed by atoms with Crippen molar-refractivity contribution in [2.45, 2.75) is 13.3 Å². The molecule has 174 valence electrons. The van der Waals surface area contributed by atoms with Crippen molar-refractivity contribution < 1.29 is 13.9 Å². The number of aromatic nitrogens is 2. The number of halogens is 1. The van der Waals surface area contributed by atoms with Crippen LogP contribution in [0.3, 0.4) is 0 Å². The van der Waals surface area contributed by atoms with Crippen molar-refractivity contribution in [3.05, 3.63) is 111 Å². The van der Waals surface area contributed by atoms with Crippen LogP contribution in [0.4, 0.5) is 4.39 Å². The number of aryl methyl sites for hydroxylation is 1. The second kappa shape index (κ2) is 10.4. The Bertz CT molecular complexity index is 1520. The third-order valence-electron chi connectivity index (χ3n) is 5.29. The smallest absolute Gasteiger partial charge is 0.269 e. The molecule has 0 fully saturated rings. The summed E-state index contributed by atoms with van der Waals surface area (Å²) in [5.41, 5.74) is 1.02. The number of benzene rings is 2. The van der Waals surface area contributed by atoms with Gasteiger partial charge in [-0.3, -0.25) is 14.0 Å². The van der Waals surface area contributed by atoms with Crippen LogP contribution in [-0.4, -0.2) is 21.8 Å². The molecule has 35 heavy (non-hydrogen) atoms. The molecule has 0 aliphatic rings. The monoisotopic (exact) mass is 468 g/mol. The highest BCUT2D eigenvalue weighted by molar-refractivity contribution is 6.01. The van der Waals surface area contributed by atoms with Crippen LogP contribution >= 0.6 is 0 Å². The van der Waals surface area contributed by atoms with Gasteiger partial charge in [0, 0.05) is 12.7 Å². The van der Waals surface area contributed by atoms with E-state index in [0.717, 1.165) is 11.6 Å². The zero-order valence-corrected chi connectivity index (χ0v) is 18.9. The maximum absolute atomic E-state index is 14.3. The quantitative estimate of drug-likeness (QED) is 0.324. The number of nitriles is 1. The molecule has 0 saturated heterocycles. The van der Waals surface area contributed by atoms with Crippen LogP contribution in [0.25, 0.3) is 11.7 Å². The van der Waals surface area contributed by atoms with E-state index in [1.54, 1.807) is 25.1 Å². The van der Waals surface area contributed by atoms with Crippen LogP contribution in [0.5, 0.6) is 11.6 Å². The number of hydrogen-bond donors (Lipinski definition) is 1. The minimum absolute atomic E-state index is 0.141. The molecule has 0 unspecified atom stereocenters. The van der Waals surface area contributed by atoms with E-state index >= 15 is 0 Å². The van der Waals surface area contributed by atoms with Crippen LogP contribution in [-0.2, 0) is 11.2 Å². The van der Waals surface area contributed by atoms with Gasteiger partial charge in [-0.05, 0) is 48.7 Å². The zero-order valence-electron chi connectivity index (χ0n) is 18.9. The highest BCUT2D eigenvalue weighted by Crippen LogP contribution is 2.26. The number of carbonyl (C=O) groups excluding carboxylic acids is 1. The first kappa shape index (κ1) is 23.4. The van der Waals surface area contributed by atoms with Crippen LogP contribution in [0.1, 0.15) is 16.7 Å². The Morgan fingerprint density at radius 3 is 2.63 bits per heavy atom. The van der Waals surface area contributed by atoms with E-state index < -0.39 is 17.3 Å². The minimum atomic E-state index is -0.645. The molecule has 0 bridgehead atoms. The fourth-order valence-electron chi connectivity index (χ4n) is 3.48. The Balaban J connectivity index is 1.72. The van der Waals surface area contributed by atoms with Crippen molar-refractivity contribution in [2.24, 2.45) is 0 Å². The van der Waals surface area contributed by atoms with E-state index in [4.69, 9.17) is 4.74 Å². The first-order valence-electron chi connectivity index (χ1n) is 10.9. The SMILES string of the molecule is Cc1cccn2c(=O)c(/C=C(\C#N)C(=O)NCCc3ccccc3)c(Oc3ccccc3F)nc12. The molecule has 1 N–H and O–H groups in total. The lowest BCUT2D eigenvalue weighted by Crippen LogP contribution is -2.27. The molecule has 0 atom stereocenters. The number of carbonyl (C=O) groups is 1. The number of fused-ring (bicyclic) bond motifs is 1. The van der Waals surface area contributed by atoms with Gasteiger partial charge in [0.05, 0.1) is 0 Å². The Morgan fingerprint density at radius 1 is 1.14 bits per heavy atom. The molecule has 8 heteroatoms. The number of nitrogens with one attached hydrogen (secondary N) is 1. The highest BCUT2D eigenvalue weighted by atomic mass is 19.1. The number of ether oxygens (including phenoxy) is 1. The highest BCUT2D eigenvalue weighted by Gasteiger charge is 2.19. The molecule has 0 saturated carbocycles. The number of para-hydroxylation sites is 1. The van der Waals surface area contributed by atoms with Gasteiger partial charge in [-0.25, -0.2) is 4.39 Å². The fourth-order valence-corrected chi connectivity index (χ4v) is 3.48. The maximum atomic E-state index is 14.3. The Kier molecular flexibility index (Phi) is 6.98. The second-order valence-corrected chi connectivity index (χ2v) is 7.71. The third kappa shape index (κ3) is 5.25. The molecule has 0 aliphatic carbocycles. The van der Waals surface area contributed by atoms with Crippen molar-refractivity contribution in [2.75, 3.05) is 6.54 Å². The van der Waals surface area contributed by atoms with Gasteiger partial charge >= 0.3 is 0 Å². The Hall–Kier alpha value is -4.77. The van der Waals surface area contributed by atoms with Gasteiger partial charge in [0.15, 0.2) is 11.6 Å². The predicted octanol–water partition coefficient (Wildman–Crippen LogP) is 4.20. The first-order valence-corrected chi connectivity index (χ1v) is 10.9. The first-order chi connectivity index (χ1) is 17.0. The van der Waals surface area contributed by atoms with Crippen molar-refractivity contribution in [3.8, 4) is 17.7 Å². The van der Waals surface area contributed by atoms with Gasteiger partial charge in [-0.15, -0.1) is 0 Å². The molecule has 4 aromatic rings. The van der Waals surface area contributed by atoms with Crippen LogP contribution < -0.4 is 15.6 Å². The summed E-state index contributed by atoms with van der Waals surface area (Å²) in [6, 6.07) is 20.5. The topological polar surface area (TPSA) is 96.5 Å². The van der Waals surface area contributed by atoms with Gasteiger partial charge in [0.2, 0.25) is 5.88 Å². The summed E-state index contributed by atoms with van der Waals surface area (Å²) in [7, 11) is 0.